The smallest absolute Gasteiger partial charge is 0.0593 e. The monoisotopic (exact) mass is 151 g/mol. The molecule has 0 aliphatic carbocycles. The van der Waals surface area contributed by atoms with Gasteiger partial charge in [0, 0.05) is 18.3 Å². The summed E-state index contributed by atoms with van der Waals surface area (Å²) in [6.07, 6.45) is 2.95. The van der Waals surface area contributed by atoms with Crippen molar-refractivity contribution < 1.29 is 5.11 Å². The lowest BCUT2D eigenvalue weighted by molar-refractivity contribution is 0.169. The molecule has 60 valence electrons. The van der Waals surface area contributed by atoms with Gasteiger partial charge in [0.05, 0.1) is 6.10 Å². The molecule has 1 unspecified atom stereocenters. The van der Waals surface area contributed by atoms with Gasteiger partial charge in [-0.05, 0) is 18.6 Å². The third kappa shape index (κ3) is 2.68. The van der Waals surface area contributed by atoms with Gasteiger partial charge in [-0.1, -0.05) is 13.0 Å². The van der Waals surface area contributed by atoms with Gasteiger partial charge in [0.1, 0.15) is 0 Å². The molecule has 1 atom stereocenters. The zero-order valence-corrected chi connectivity index (χ0v) is 6.70. The average Bonchev–Trinajstić information content (AvgIpc) is 2.06. The minimum Gasteiger partial charge on any atom is -0.393 e. The van der Waals surface area contributed by atoms with E-state index in [-0.39, 0.29) is 6.10 Å². The summed E-state index contributed by atoms with van der Waals surface area (Å²) in [5.41, 5.74) is 0.960. The van der Waals surface area contributed by atoms with Crippen LogP contribution in [0.4, 0.5) is 0 Å². The highest BCUT2D eigenvalue weighted by Gasteiger charge is 2.01. The van der Waals surface area contributed by atoms with Gasteiger partial charge in [-0.25, -0.2) is 0 Å². The lowest BCUT2D eigenvalue weighted by Gasteiger charge is -2.05. The van der Waals surface area contributed by atoms with Crippen molar-refractivity contribution >= 4 is 0 Å². The third-order valence-electron chi connectivity index (χ3n) is 1.64. The maximum atomic E-state index is 9.27. The number of hydrogen-bond donors (Lipinski definition) is 1. The average molecular weight is 151 g/mol. The number of aromatic nitrogens is 1. The highest BCUT2D eigenvalue weighted by Crippen LogP contribution is 2.01. The fraction of sp³-hybridized carbons (Fsp3) is 0.444. The van der Waals surface area contributed by atoms with Crippen LogP contribution in [-0.2, 0) is 6.42 Å². The maximum absolute atomic E-state index is 9.27. The Morgan fingerprint density at radius 3 is 2.91 bits per heavy atom. The van der Waals surface area contributed by atoms with Crippen LogP contribution in [0.25, 0.3) is 0 Å². The largest absolute Gasteiger partial charge is 0.393 e. The van der Waals surface area contributed by atoms with E-state index < -0.39 is 0 Å². The highest BCUT2D eigenvalue weighted by molar-refractivity contribution is 5.04. The molecule has 0 amide bonds. The number of nitrogens with zero attached hydrogens (tertiary/aromatic N) is 1. The molecule has 2 nitrogen and oxygen atoms in total. The summed E-state index contributed by atoms with van der Waals surface area (Å²) in [4.78, 5) is 4.11. The zero-order chi connectivity index (χ0) is 8.10. The number of rotatable bonds is 3. The fourth-order valence-corrected chi connectivity index (χ4v) is 0.905. The second-order valence-electron chi connectivity index (χ2n) is 2.59. The predicted molar refractivity (Wildman–Crippen MR) is 44.2 cm³/mol. The van der Waals surface area contributed by atoms with Crippen LogP contribution in [0.2, 0.25) is 0 Å². The molecule has 0 spiro atoms. The highest BCUT2D eigenvalue weighted by atomic mass is 16.3. The normalized spacial score (nSPS) is 12.9. The molecule has 1 heterocycles. The zero-order valence-electron chi connectivity index (χ0n) is 6.70. The van der Waals surface area contributed by atoms with Gasteiger partial charge in [-0.15, -0.1) is 0 Å². The van der Waals surface area contributed by atoms with E-state index in [1.54, 1.807) is 6.20 Å². The lowest BCUT2D eigenvalue weighted by atomic mass is 10.1. The molecule has 11 heavy (non-hydrogen) atoms. The van der Waals surface area contributed by atoms with Crippen molar-refractivity contribution in [3.8, 4) is 0 Å². The van der Waals surface area contributed by atoms with Gasteiger partial charge in [0.25, 0.3) is 0 Å². The quantitative estimate of drug-likeness (QED) is 0.708. The van der Waals surface area contributed by atoms with Gasteiger partial charge >= 0.3 is 0 Å². The summed E-state index contributed by atoms with van der Waals surface area (Å²) in [7, 11) is 0. The Kier molecular flexibility index (Phi) is 3.05. The predicted octanol–water partition coefficient (Wildman–Crippen LogP) is 1.40. The Bertz CT molecular complexity index is 198. The van der Waals surface area contributed by atoms with Crippen LogP contribution in [-0.4, -0.2) is 16.2 Å². The molecular formula is C9H13NO. The minimum atomic E-state index is -0.245. The molecule has 1 rings (SSSR count). The van der Waals surface area contributed by atoms with Gasteiger partial charge < -0.3 is 5.11 Å². The summed E-state index contributed by atoms with van der Waals surface area (Å²) < 4.78 is 0. The molecule has 0 aliphatic rings. The molecule has 0 radical (unpaired) electrons. The van der Waals surface area contributed by atoms with E-state index in [1.807, 2.05) is 25.1 Å². The van der Waals surface area contributed by atoms with E-state index in [0.717, 1.165) is 12.1 Å². The standard InChI is InChI=1S/C9H13NO/c1-2-9(11)7-8-5-3-4-6-10-8/h3-6,9,11H,2,7H2,1H3. The Morgan fingerprint density at radius 2 is 2.36 bits per heavy atom. The number of aliphatic hydroxyl groups excluding tert-OH is 1. The molecule has 0 fully saturated rings. The first-order chi connectivity index (χ1) is 5.33. The number of pyridine rings is 1. The summed E-state index contributed by atoms with van der Waals surface area (Å²) in [6, 6.07) is 5.74. The molecule has 2 heteroatoms. The Hall–Kier alpha value is -0.890. The maximum Gasteiger partial charge on any atom is 0.0593 e. The SMILES string of the molecule is CCC(O)Cc1ccccn1. The van der Waals surface area contributed by atoms with E-state index in [2.05, 4.69) is 4.98 Å². The van der Waals surface area contributed by atoms with Crippen LogP contribution in [0.5, 0.6) is 0 Å². The molecule has 0 aromatic carbocycles. The Balaban J connectivity index is 2.51. The third-order valence-corrected chi connectivity index (χ3v) is 1.64. The number of aliphatic hydroxyl groups is 1. The molecule has 0 saturated carbocycles. The van der Waals surface area contributed by atoms with Crippen molar-refractivity contribution in [2.24, 2.45) is 0 Å². The van der Waals surface area contributed by atoms with Crippen molar-refractivity contribution in [1.29, 1.82) is 0 Å². The molecule has 1 aromatic heterocycles. The van der Waals surface area contributed by atoms with Crippen LogP contribution in [0, 0.1) is 0 Å². The van der Waals surface area contributed by atoms with Crippen LogP contribution in [0.1, 0.15) is 19.0 Å². The van der Waals surface area contributed by atoms with Crippen molar-refractivity contribution in [1.82, 2.24) is 4.98 Å². The topological polar surface area (TPSA) is 33.1 Å². The summed E-state index contributed by atoms with van der Waals surface area (Å²) in [6.45, 7) is 1.97. The van der Waals surface area contributed by atoms with Crippen LogP contribution in [0.3, 0.4) is 0 Å². The first-order valence-corrected chi connectivity index (χ1v) is 3.91. The molecule has 0 saturated heterocycles. The van der Waals surface area contributed by atoms with Crippen molar-refractivity contribution in [3.63, 3.8) is 0 Å². The van der Waals surface area contributed by atoms with Gasteiger partial charge in [0.2, 0.25) is 0 Å². The fourth-order valence-electron chi connectivity index (χ4n) is 0.905. The van der Waals surface area contributed by atoms with Gasteiger partial charge in [-0.2, -0.15) is 0 Å². The van der Waals surface area contributed by atoms with Crippen molar-refractivity contribution in [3.05, 3.63) is 30.1 Å². The first-order valence-electron chi connectivity index (χ1n) is 3.91. The molecular weight excluding hydrogens is 138 g/mol. The second kappa shape index (κ2) is 4.09. The van der Waals surface area contributed by atoms with Crippen LogP contribution in [0.15, 0.2) is 24.4 Å². The first kappa shape index (κ1) is 8.21. The molecule has 1 N–H and O–H groups in total. The van der Waals surface area contributed by atoms with E-state index >= 15 is 0 Å². The molecule has 1 aromatic rings. The minimum absolute atomic E-state index is 0.245. The van der Waals surface area contributed by atoms with Crippen molar-refractivity contribution in [2.45, 2.75) is 25.9 Å². The van der Waals surface area contributed by atoms with E-state index in [1.165, 1.54) is 0 Å². The number of hydrogen-bond acceptors (Lipinski definition) is 2. The van der Waals surface area contributed by atoms with E-state index in [9.17, 15) is 5.11 Å². The molecule has 0 bridgehead atoms. The summed E-state index contributed by atoms with van der Waals surface area (Å²) in [5.74, 6) is 0. The van der Waals surface area contributed by atoms with Crippen LogP contribution >= 0.6 is 0 Å². The van der Waals surface area contributed by atoms with Crippen molar-refractivity contribution in [2.75, 3.05) is 0 Å². The molecule has 0 aliphatic heterocycles. The van der Waals surface area contributed by atoms with Gasteiger partial charge in [0.15, 0.2) is 0 Å². The Labute approximate surface area is 66.9 Å². The summed E-state index contributed by atoms with van der Waals surface area (Å²) >= 11 is 0. The second-order valence-corrected chi connectivity index (χ2v) is 2.59. The lowest BCUT2D eigenvalue weighted by Crippen LogP contribution is -2.09. The van der Waals surface area contributed by atoms with Gasteiger partial charge in [-0.3, -0.25) is 4.98 Å². The summed E-state index contributed by atoms with van der Waals surface area (Å²) in [5, 5.41) is 9.27. The van der Waals surface area contributed by atoms with Crippen LogP contribution < -0.4 is 0 Å². The van der Waals surface area contributed by atoms with E-state index in [4.69, 9.17) is 0 Å². The Morgan fingerprint density at radius 1 is 1.55 bits per heavy atom. The van der Waals surface area contributed by atoms with E-state index in [0.29, 0.717) is 6.42 Å².